The van der Waals surface area contributed by atoms with Gasteiger partial charge in [0.15, 0.2) is 0 Å². The topological polar surface area (TPSA) is 133 Å². The molecule has 138 valence electrons. The number of carbonyl (C=O) groups excluding carboxylic acids is 2. The fourth-order valence-corrected chi connectivity index (χ4v) is 2.12. The number of nitrogens with zero attached hydrogens (tertiary/aromatic N) is 1. The van der Waals surface area contributed by atoms with Gasteiger partial charge in [-0.2, -0.15) is 0 Å². The molecule has 0 saturated heterocycles. The molecule has 2 amide bonds. The average Bonchev–Trinajstić information content (AvgIpc) is 3.13. The van der Waals surface area contributed by atoms with Gasteiger partial charge < -0.3 is 25.5 Å². The lowest BCUT2D eigenvalue weighted by Gasteiger charge is -2.18. The second-order valence-corrected chi connectivity index (χ2v) is 5.61. The SMILES string of the molecule is C[C@@H](NC(=O)OCc1ccccc1)C(=O)N[C@H](Cc1cnc[nH]1)C(=O)O. The van der Waals surface area contributed by atoms with Gasteiger partial charge in [-0.05, 0) is 12.5 Å². The van der Waals surface area contributed by atoms with Crippen LogP contribution in [0.2, 0.25) is 0 Å². The summed E-state index contributed by atoms with van der Waals surface area (Å²) >= 11 is 0. The fraction of sp³-hybridized carbons (Fsp3) is 0.294. The van der Waals surface area contributed by atoms with Crippen LogP contribution in [0.15, 0.2) is 42.9 Å². The number of benzene rings is 1. The summed E-state index contributed by atoms with van der Waals surface area (Å²) in [5.74, 6) is -1.82. The standard InChI is InChI=1S/C17H20N4O5/c1-11(20-17(25)26-9-12-5-3-2-4-6-12)15(22)21-14(16(23)24)7-13-8-18-10-19-13/h2-6,8,10-11,14H,7,9H2,1H3,(H,18,19)(H,20,25)(H,21,22)(H,23,24)/t11-,14-/m1/s1. The third-order valence-electron chi connectivity index (χ3n) is 3.53. The number of carboxylic acid groups (broad SMARTS) is 1. The molecular weight excluding hydrogens is 340 g/mol. The van der Waals surface area contributed by atoms with Crippen LogP contribution in [0.5, 0.6) is 0 Å². The predicted molar refractivity (Wildman–Crippen MR) is 91.1 cm³/mol. The van der Waals surface area contributed by atoms with Crippen molar-refractivity contribution in [3.8, 4) is 0 Å². The number of amides is 2. The Bertz CT molecular complexity index is 733. The van der Waals surface area contributed by atoms with Crippen molar-refractivity contribution in [2.45, 2.75) is 32.0 Å². The van der Waals surface area contributed by atoms with Gasteiger partial charge in [0.25, 0.3) is 0 Å². The smallest absolute Gasteiger partial charge is 0.408 e. The first kappa shape index (κ1) is 19.0. The van der Waals surface area contributed by atoms with E-state index in [1.54, 1.807) is 12.1 Å². The molecule has 1 aromatic heterocycles. The summed E-state index contributed by atoms with van der Waals surface area (Å²) in [4.78, 5) is 41.8. The summed E-state index contributed by atoms with van der Waals surface area (Å²) in [6.45, 7) is 1.51. The van der Waals surface area contributed by atoms with Crippen LogP contribution in [-0.2, 0) is 27.4 Å². The molecule has 2 atom stereocenters. The zero-order chi connectivity index (χ0) is 18.9. The van der Waals surface area contributed by atoms with Crippen molar-refractivity contribution in [2.75, 3.05) is 0 Å². The maximum Gasteiger partial charge on any atom is 0.408 e. The highest BCUT2D eigenvalue weighted by molar-refractivity contribution is 5.89. The van der Waals surface area contributed by atoms with Crippen LogP contribution in [0.25, 0.3) is 0 Å². The molecule has 0 bridgehead atoms. The van der Waals surface area contributed by atoms with Crippen LogP contribution in [0.1, 0.15) is 18.2 Å². The number of aromatic amines is 1. The van der Waals surface area contributed by atoms with Crippen LogP contribution < -0.4 is 10.6 Å². The van der Waals surface area contributed by atoms with E-state index in [-0.39, 0.29) is 13.0 Å². The highest BCUT2D eigenvalue weighted by atomic mass is 16.5. The molecule has 0 aliphatic heterocycles. The summed E-state index contributed by atoms with van der Waals surface area (Å²) in [5.41, 5.74) is 1.38. The van der Waals surface area contributed by atoms with Gasteiger partial charge in [0.2, 0.25) is 5.91 Å². The van der Waals surface area contributed by atoms with E-state index >= 15 is 0 Å². The van der Waals surface area contributed by atoms with Gasteiger partial charge in [-0.25, -0.2) is 14.6 Å². The molecule has 9 heteroatoms. The average molecular weight is 360 g/mol. The summed E-state index contributed by atoms with van der Waals surface area (Å²) in [6, 6.07) is 6.98. The number of rotatable bonds is 8. The van der Waals surface area contributed by atoms with E-state index < -0.39 is 30.1 Å². The van der Waals surface area contributed by atoms with Crippen molar-refractivity contribution in [3.63, 3.8) is 0 Å². The first-order valence-corrected chi connectivity index (χ1v) is 7.93. The van der Waals surface area contributed by atoms with Crippen molar-refractivity contribution in [1.29, 1.82) is 0 Å². The van der Waals surface area contributed by atoms with Gasteiger partial charge in [0, 0.05) is 18.3 Å². The van der Waals surface area contributed by atoms with Crippen LogP contribution in [0.4, 0.5) is 4.79 Å². The minimum atomic E-state index is -1.19. The normalized spacial score (nSPS) is 12.7. The van der Waals surface area contributed by atoms with Crippen LogP contribution >= 0.6 is 0 Å². The Morgan fingerprint density at radius 3 is 2.58 bits per heavy atom. The number of nitrogens with one attached hydrogen (secondary N) is 3. The Morgan fingerprint density at radius 2 is 1.96 bits per heavy atom. The Balaban J connectivity index is 1.81. The van der Waals surface area contributed by atoms with Gasteiger partial charge in [-0.3, -0.25) is 4.79 Å². The number of aliphatic carboxylic acids is 1. The molecule has 4 N–H and O–H groups in total. The third-order valence-corrected chi connectivity index (χ3v) is 3.53. The molecular formula is C17H20N4O5. The van der Waals surface area contributed by atoms with E-state index in [9.17, 15) is 19.5 Å². The number of hydrogen-bond donors (Lipinski definition) is 4. The largest absolute Gasteiger partial charge is 0.480 e. The quantitative estimate of drug-likeness (QED) is 0.551. The van der Waals surface area contributed by atoms with Crippen LogP contribution in [0, 0.1) is 0 Å². The second-order valence-electron chi connectivity index (χ2n) is 5.61. The lowest BCUT2D eigenvalue weighted by atomic mass is 10.1. The van der Waals surface area contributed by atoms with Crippen molar-refractivity contribution in [3.05, 3.63) is 54.1 Å². The van der Waals surface area contributed by atoms with Gasteiger partial charge in [-0.1, -0.05) is 30.3 Å². The van der Waals surface area contributed by atoms with Gasteiger partial charge in [0.1, 0.15) is 18.7 Å². The Hall–Kier alpha value is -3.36. The molecule has 0 radical (unpaired) electrons. The zero-order valence-electron chi connectivity index (χ0n) is 14.1. The molecule has 0 unspecified atom stereocenters. The number of alkyl carbamates (subject to hydrolysis) is 1. The van der Waals surface area contributed by atoms with E-state index in [1.165, 1.54) is 19.4 Å². The maximum atomic E-state index is 12.1. The zero-order valence-corrected chi connectivity index (χ0v) is 14.1. The van der Waals surface area contributed by atoms with E-state index in [1.807, 2.05) is 18.2 Å². The Labute approximate surface area is 149 Å². The van der Waals surface area contributed by atoms with Gasteiger partial charge >= 0.3 is 12.1 Å². The number of ether oxygens (including phenoxy) is 1. The van der Waals surface area contributed by atoms with Gasteiger partial charge in [-0.15, -0.1) is 0 Å². The predicted octanol–water partition coefficient (Wildman–Crippen LogP) is 0.836. The van der Waals surface area contributed by atoms with E-state index in [0.717, 1.165) is 5.56 Å². The summed E-state index contributed by atoms with van der Waals surface area (Å²) in [5, 5.41) is 14.0. The molecule has 1 heterocycles. The van der Waals surface area contributed by atoms with Crippen molar-refractivity contribution in [1.82, 2.24) is 20.6 Å². The molecule has 0 aliphatic carbocycles. The third kappa shape index (κ3) is 5.93. The maximum absolute atomic E-state index is 12.1. The minimum Gasteiger partial charge on any atom is -0.480 e. The molecule has 9 nitrogen and oxygen atoms in total. The highest BCUT2D eigenvalue weighted by Gasteiger charge is 2.24. The first-order chi connectivity index (χ1) is 12.5. The molecule has 0 aliphatic rings. The number of H-pyrrole nitrogens is 1. The molecule has 2 rings (SSSR count). The van der Waals surface area contributed by atoms with Crippen LogP contribution in [-0.4, -0.2) is 45.1 Å². The second kappa shape index (κ2) is 9.21. The number of aromatic nitrogens is 2. The van der Waals surface area contributed by atoms with E-state index in [0.29, 0.717) is 5.69 Å². The lowest BCUT2D eigenvalue weighted by molar-refractivity contribution is -0.142. The molecule has 0 saturated carbocycles. The molecule has 0 fully saturated rings. The number of hydrogen-bond acceptors (Lipinski definition) is 5. The van der Waals surface area contributed by atoms with Crippen LogP contribution in [0.3, 0.4) is 0 Å². The lowest BCUT2D eigenvalue weighted by Crippen LogP contribution is -2.51. The van der Waals surface area contributed by atoms with E-state index in [2.05, 4.69) is 20.6 Å². The first-order valence-electron chi connectivity index (χ1n) is 7.93. The summed E-state index contributed by atoms with van der Waals surface area (Å²) < 4.78 is 5.03. The molecule has 1 aromatic carbocycles. The van der Waals surface area contributed by atoms with E-state index in [4.69, 9.17) is 4.74 Å². The molecule has 2 aromatic rings. The molecule has 0 spiro atoms. The van der Waals surface area contributed by atoms with Crippen molar-refractivity contribution < 1.29 is 24.2 Å². The number of carbonyl (C=O) groups is 3. The van der Waals surface area contributed by atoms with Crippen molar-refractivity contribution in [2.24, 2.45) is 0 Å². The fourth-order valence-electron chi connectivity index (χ4n) is 2.12. The Kier molecular flexibility index (Phi) is 6.72. The van der Waals surface area contributed by atoms with Gasteiger partial charge in [0.05, 0.1) is 6.33 Å². The van der Waals surface area contributed by atoms with Crippen molar-refractivity contribution >= 4 is 18.0 Å². The number of carboxylic acids is 1. The minimum absolute atomic E-state index is 0.0479. The highest BCUT2D eigenvalue weighted by Crippen LogP contribution is 2.02. The monoisotopic (exact) mass is 360 g/mol. The Morgan fingerprint density at radius 1 is 1.23 bits per heavy atom. The molecule has 26 heavy (non-hydrogen) atoms. The number of imidazole rings is 1. The summed E-state index contributed by atoms with van der Waals surface area (Å²) in [6.07, 6.45) is 2.18. The summed E-state index contributed by atoms with van der Waals surface area (Å²) in [7, 11) is 0.